The van der Waals surface area contributed by atoms with Crippen molar-refractivity contribution in [3.05, 3.63) is 35.9 Å². The van der Waals surface area contributed by atoms with Gasteiger partial charge in [-0.25, -0.2) is 0 Å². The van der Waals surface area contributed by atoms with Gasteiger partial charge in [0.1, 0.15) is 5.60 Å². The molecule has 0 saturated heterocycles. The molecule has 0 heterocycles. The largest absolute Gasteiger partial charge is 0.483 e. The Hall–Kier alpha value is -1.68. The third-order valence-electron chi connectivity index (χ3n) is 1.59. The van der Waals surface area contributed by atoms with Gasteiger partial charge in [0.15, 0.2) is 5.78 Å². The van der Waals surface area contributed by atoms with Crippen LogP contribution >= 0.6 is 0 Å². The highest BCUT2D eigenvalue weighted by molar-refractivity contribution is 6.01. The van der Waals surface area contributed by atoms with Crippen molar-refractivity contribution in [3.63, 3.8) is 0 Å². The summed E-state index contributed by atoms with van der Waals surface area (Å²) in [6.45, 7) is 2.73. The van der Waals surface area contributed by atoms with Crippen LogP contribution in [0.5, 0.6) is 0 Å². The lowest BCUT2D eigenvalue weighted by Gasteiger charge is -2.14. The van der Waals surface area contributed by atoms with Crippen LogP contribution in [0.4, 0.5) is 0 Å². The second kappa shape index (κ2) is 5.93. The molecule has 0 fully saturated rings. The standard InChI is InChI=1S/C10H12O2.CH2O2/c1-10(2,12)9(11)8-6-4-3-5-7-8;2-1-3/h3-7,12H,1-2H3;1H,(H,2,3). The molecule has 0 radical (unpaired) electrons. The Morgan fingerprint density at radius 2 is 1.67 bits per heavy atom. The monoisotopic (exact) mass is 210 g/mol. The van der Waals surface area contributed by atoms with E-state index in [1.54, 1.807) is 24.3 Å². The summed E-state index contributed by atoms with van der Waals surface area (Å²) < 4.78 is 0. The maximum absolute atomic E-state index is 11.4. The van der Waals surface area contributed by atoms with Crippen LogP contribution in [0.15, 0.2) is 30.3 Å². The average Bonchev–Trinajstić information content (AvgIpc) is 2.18. The number of Topliss-reactive ketones (excluding diaryl/α,β-unsaturated/α-hetero) is 1. The van der Waals surface area contributed by atoms with Crippen molar-refractivity contribution in [3.8, 4) is 0 Å². The molecule has 1 aromatic carbocycles. The van der Waals surface area contributed by atoms with Crippen molar-refractivity contribution in [2.45, 2.75) is 19.4 Å². The summed E-state index contributed by atoms with van der Waals surface area (Å²) in [5.74, 6) is -0.247. The number of hydrogen-bond donors (Lipinski definition) is 2. The van der Waals surface area contributed by atoms with Crippen LogP contribution in [-0.2, 0) is 4.79 Å². The molecule has 0 atom stereocenters. The first-order valence-electron chi connectivity index (χ1n) is 4.33. The van der Waals surface area contributed by atoms with Crippen LogP contribution < -0.4 is 0 Å². The van der Waals surface area contributed by atoms with Gasteiger partial charge in [0, 0.05) is 5.56 Å². The van der Waals surface area contributed by atoms with Gasteiger partial charge in [-0.1, -0.05) is 30.3 Å². The van der Waals surface area contributed by atoms with Crippen LogP contribution in [0, 0.1) is 0 Å². The minimum atomic E-state index is -1.28. The number of carboxylic acid groups (broad SMARTS) is 1. The molecular formula is C11H14O4. The molecule has 1 aromatic rings. The maximum atomic E-state index is 11.4. The van der Waals surface area contributed by atoms with Crippen LogP contribution in [0.2, 0.25) is 0 Å². The molecule has 82 valence electrons. The SMILES string of the molecule is CC(C)(O)C(=O)c1ccccc1.O=CO. The van der Waals surface area contributed by atoms with Crippen molar-refractivity contribution in [2.24, 2.45) is 0 Å². The van der Waals surface area contributed by atoms with Gasteiger partial charge < -0.3 is 10.2 Å². The van der Waals surface area contributed by atoms with E-state index in [-0.39, 0.29) is 12.3 Å². The molecule has 0 spiro atoms. The fourth-order valence-electron chi connectivity index (χ4n) is 0.943. The lowest BCUT2D eigenvalue weighted by Crippen LogP contribution is -2.30. The molecular weight excluding hydrogens is 196 g/mol. The van der Waals surface area contributed by atoms with Gasteiger partial charge in [0.2, 0.25) is 0 Å². The fraction of sp³-hybridized carbons (Fsp3) is 0.273. The zero-order chi connectivity index (χ0) is 11.9. The third kappa shape index (κ3) is 4.93. The summed E-state index contributed by atoms with van der Waals surface area (Å²) in [5, 5.41) is 16.3. The predicted octanol–water partition coefficient (Wildman–Crippen LogP) is 1.34. The smallest absolute Gasteiger partial charge is 0.290 e. The van der Waals surface area contributed by atoms with Gasteiger partial charge in [-0.3, -0.25) is 9.59 Å². The minimum absolute atomic E-state index is 0.247. The van der Waals surface area contributed by atoms with E-state index < -0.39 is 5.60 Å². The zero-order valence-electron chi connectivity index (χ0n) is 8.68. The summed E-state index contributed by atoms with van der Waals surface area (Å²) in [4.78, 5) is 19.8. The van der Waals surface area contributed by atoms with Gasteiger partial charge in [-0.05, 0) is 13.8 Å². The van der Waals surface area contributed by atoms with Gasteiger partial charge in [-0.2, -0.15) is 0 Å². The number of benzene rings is 1. The maximum Gasteiger partial charge on any atom is 0.290 e. The summed E-state index contributed by atoms with van der Waals surface area (Å²) >= 11 is 0. The van der Waals surface area contributed by atoms with Crippen LogP contribution in [0.1, 0.15) is 24.2 Å². The highest BCUT2D eigenvalue weighted by Crippen LogP contribution is 2.11. The van der Waals surface area contributed by atoms with E-state index in [2.05, 4.69) is 0 Å². The molecule has 4 nitrogen and oxygen atoms in total. The number of carbonyl (C=O) groups excluding carboxylic acids is 1. The molecule has 0 saturated carbocycles. The van der Waals surface area contributed by atoms with Crippen LogP contribution in [0.25, 0.3) is 0 Å². The Labute approximate surface area is 88.2 Å². The van der Waals surface area contributed by atoms with Gasteiger partial charge >= 0.3 is 0 Å². The first-order valence-corrected chi connectivity index (χ1v) is 4.33. The van der Waals surface area contributed by atoms with E-state index in [9.17, 15) is 9.90 Å². The summed E-state index contributed by atoms with van der Waals surface area (Å²) in [6, 6.07) is 8.78. The molecule has 0 amide bonds. The van der Waals surface area contributed by atoms with Crippen molar-refractivity contribution in [2.75, 3.05) is 0 Å². The number of ketones is 1. The molecule has 2 N–H and O–H groups in total. The van der Waals surface area contributed by atoms with E-state index in [0.29, 0.717) is 5.56 Å². The molecule has 0 aliphatic rings. The quantitative estimate of drug-likeness (QED) is 0.570. The number of rotatable bonds is 2. The molecule has 4 heteroatoms. The zero-order valence-corrected chi connectivity index (χ0v) is 8.68. The highest BCUT2D eigenvalue weighted by atomic mass is 16.3. The van der Waals surface area contributed by atoms with Crippen molar-refractivity contribution >= 4 is 12.3 Å². The normalized spacial score (nSPS) is 9.80. The van der Waals surface area contributed by atoms with Gasteiger partial charge in [0.25, 0.3) is 6.47 Å². The fourth-order valence-corrected chi connectivity index (χ4v) is 0.943. The summed E-state index contributed by atoms with van der Waals surface area (Å²) in [7, 11) is 0. The summed E-state index contributed by atoms with van der Waals surface area (Å²) in [6.07, 6.45) is 0. The van der Waals surface area contributed by atoms with E-state index in [1.807, 2.05) is 6.07 Å². The van der Waals surface area contributed by atoms with Crippen LogP contribution in [-0.4, -0.2) is 28.1 Å². The first kappa shape index (κ1) is 13.3. The average molecular weight is 210 g/mol. The first-order chi connectivity index (χ1) is 6.93. The third-order valence-corrected chi connectivity index (χ3v) is 1.59. The van der Waals surface area contributed by atoms with Crippen LogP contribution in [0.3, 0.4) is 0 Å². The number of aliphatic hydroxyl groups is 1. The summed E-state index contributed by atoms with van der Waals surface area (Å²) in [5.41, 5.74) is -0.730. The molecule has 15 heavy (non-hydrogen) atoms. The Morgan fingerprint density at radius 1 is 1.27 bits per heavy atom. The van der Waals surface area contributed by atoms with E-state index in [1.165, 1.54) is 13.8 Å². The number of carbonyl (C=O) groups is 2. The van der Waals surface area contributed by atoms with E-state index in [4.69, 9.17) is 9.90 Å². The Morgan fingerprint density at radius 3 is 2.00 bits per heavy atom. The molecule has 1 rings (SSSR count). The Bertz CT molecular complexity index is 311. The topological polar surface area (TPSA) is 74.6 Å². The lowest BCUT2D eigenvalue weighted by atomic mass is 9.97. The van der Waals surface area contributed by atoms with Gasteiger partial charge in [-0.15, -0.1) is 0 Å². The molecule has 0 aliphatic heterocycles. The molecule has 0 bridgehead atoms. The molecule has 0 aliphatic carbocycles. The van der Waals surface area contributed by atoms with Crippen molar-refractivity contribution in [1.29, 1.82) is 0 Å². The van der Waals surface area contributed by atoms with Gasteiger partial charge in [0.05, 0.1) is 0 Å². The van der Waals surface area contributed by atoms with E-state index in [0.717, 1.165) is 0 Å². The van der Waals surface area contributed by atoms with Crippen molar-refractivity contribution in [1.82, 2.24) is 0 Å². The van der Waals surface area contributed by atoms with E-state index >= 15 is 0 Å². The Balaban J connectivity index is 0.000000583. The second-order valence-corrected chi connectivity index (χ2v) is 3.36. The number of hydrogen-bond acceptors (Lipinski definition) is 3. The Kier molecular flexibility index (Phi) is 5.26. The highest BCUT2D eigenvalue weighted by Gasteiger charge is 2.24. The molecule has 0 unspecified atom stereocenters. The second-order valence-electron chi connectivity index (χ2n) is 3.36. The lowest BCUT2D eigenvalue weighted by molar-refractivity contribution is -0.122. The minimum Gasteiger partial charge on any atom is -0.483 e. The predicted molar refractivity (Wildman–Crippen MR) is 55.8 cm³/mol. The molecule has 0 aromatic heterocycles. The van der Waals surface area contributed by atoms with Crippen molar-refractivity contribution < 1.29 is 19.8 Å².